The third-order valence-corrected chi connectivity index (χ3v) is 4.41. The summed E-state index contributed by atoms with van der Waals surface area (Å²) in [5.41, 5.74) is 0.508. The van der Waals surface area contributed by atoms with Crippen LogP contribution < -0.4 is 10.6 Å². The minimum Gasteiger partial charge on any atom is -0.382 e. The van der Waals surface area contributed by atoms with Crippen LogP contribution in [0.3, 0.4) is 0 Å². The molecule has 0 aromatic heterocycles. The summed E-state index contributed by atoms with van der Waals surface area (Å²) < 4.78 is 75.0. The number of oxime groups is 1. The van der Waals surface area contributed by atoms with Crippen molar-refractivity contribution in [1.29, 1.82) is 0 Å². The van der Waals surface area contributed by atoms with Crippen LogP contribution in [0, 0.1) is 0 Å². The van der Waals surface area contributed by atoms with Gasteiger partial charge in [0.15, 0.2) is 0 Å². The van der Waals surface area contributed by atoms with Crippen molar-refractivity contribution in [3.63, 3.8) is 0 Å². The Morgan fingerprint density at radius 2 is 1.68 bits per heavy atom. The fraction of sp³-hybridized carbons (Fsp3) is 0.316. The summed E-state index contributed by atoms with van der Waals surface area (Å²) in [7, 11) is 0. The van der Waals surface area contributed by atoms with E-state index < -0.39 is 49.8 Å². The number of benzene rings is 2. The van der Waals surface area contributed by atoms with E-state index in [1.165, 1.54) is 12.1 Å². The summed E-state index contributed by atoms with van der Waals surface area (Å²) in [5, 5.41) is 8.18. The molecule has 6 nitrogen and oxygen atoms in total. The first-order valence-corrected chi connectivity index (χ1v) is 8.89. The Labute approximate surface area is 171 Å². The first-order chi connectivity index (χ1) is 14.5. The zero-order valence-corrected chi connectivity index (χ0v) is 15.6. The molecule has 2 amide bonds. The molecule has 2 N–H and O–H groups in total. The molecular weight excluding hydrogens is 432 g/mol. The first kappa shape index (κ1) is 22.4. The van der Waals surface area contributed by atoms with Crippen LogP contribution in [0.5, 0.6) is 0 Å². The van der Waals surface area contributed by atoms with Crippen molar-refractivity contribution in [3.05, 3.63) is 47.5 Å². The minimum atomic E-state index is -4.58. The Hall–Kier alpha value is -3.31. The van der Waals surface area contributed by atoms with Gasteiger partial charge in [-0.2, -0.15) is 26.3 Å². The second-order valence-electron chi connectivity index (χ2n) is 6.66. The maximum Gasteiger partial charge on any atom is 0.428 e. The minimum absolute atomic E-state index is 0.0667. The van der Waals surface area contributed by atoms with Gasteiger partial charge in [-0.15, -0.1) is 0 Å². The van der Waals surface area contributed by atoms with E-state index >= 15 is 0 Å². The lowest BCUT2D eigenvalue weighted by Crippen LogP contribution is -2.40. The molecule has 1 unspecified atom stereocenters. The Kier molecular flexibility index (Phi) is 6.09. The normalized spacial score (nSPS) is 16.6. The van der Waals surface area contributed by atoms with E-state index in [9.17, 15) is 35.9 Å². The standard InChI is InChI=1S/C19H15F6N3O3/c20-18(21,22)9-27-16(29)8-26-17(30)13-6-5-12(10-3-1-2-4-11(10)13)14-7-15(31-28-14)19(23,24)25/h1-6,15H,7-9H2,(H,26,30)(H,27,29). The predicted octanol–water partition coefficient (Wildman–Crippen LogP) is 3.30. The molecule has 1 heterocycles. The second-order valence-corrected chi connectivity index (χ2v) is 6.66. The summed E-state index contributed by atoms with van der Waals surface area (Å²) in [6.45, 7) is -2.21. The van der Waals surface area contributed by atoms with Gasteiger partial charge in [0.2, 0.25) is 12.0 Å². The van der Waals surface area contributed by atoms with Crippen molar-refractivity contribution in [3.8, 4) is 0 Å². The predicted molar refractivity (Wildman–Crippen MR) is 97.4 cm³/mol. The molecule has 2 aromatic rings. The zero-order valence-electron chi connectivity index (χ0n) is 15.6. The number of rotatable bonds is 5. The molecule has 1 atom stereocenters. The molecule has 3 rings (SSSR count). The average Bonchev–Trinajstić information content (AvgIpc) is 3.19. The van der Waals surface area contributed by atoms with Crippen LogP contribution in [-0.2, 0) is 9.63 Å². The number of alkyl halides is 6. The Morgan fingerprint density at radius 1 is 1.00 bits per heavy atom. The number of carbonyl (C=O) groups excluding carboxylic acids is 2. The van der Waals surface area contributed by atoms with Gasteiger partial charge in [0.05, 0.1) is 12.3 Å². The van der Waals surface area contributed by atoms with Crippen LogP contribution in [0.15, 0.2) is 41.6 Å². The summed E-state index contributed by atoms with van der Waals surface area (Å²) in [5.74, 6) is -1.76. The van der Waals surface area contributed by atoms with Gasteiger partial charge in [0, 0.05) is 17.5 Å². The van der Waals surface area contributed by atoms with Crippen molar-refractivity contribution in [1.82, 2.24) is 10.6 Å². The molecule has 12 heteroatoms. The molecule has 2 aromatic carbocycles. The SMILES string of the molecule is O=C(CNC(=O)c1ccc(C2=NOC(C(F)(F)F)C2)c2ccccc12)NCC(F)(F)F. The van der Waals surface area contributed by atoms with Gasteiger partial charge in [-0.25, -0.2) is 0 Å². The highest BCUT2D eigenvalue weighted by atomic mass is 19.4. The molecule has 166 valence electrons. The van der Waals surface area contributed by atoms with Crippen LogP contribution in [0.2, 0.25) is 0 Å². The van der Waals surface area contributed by atoms with Crippen LogP contribution in [0.4, 0.5) is 26.3 Å². The maximum absolute atomic E-state index is 12.9. The fourth-order valence-corrected chi connectivity index (χ4v) is 2.98. The number of halogens is 6. The van der Waals surface area contributed by atoms with Crippen molar-refractivity contribution in [2.45, 2.75) is 24.9 Å². The smallest absolute Gasteiger partial charge is 0.382 e. The van der Waals surface area contributed by atoms with Crippen molar-refractivity contribution < 1.29 is 40.8 Å². The van der Waals surface area contributed by atoms with Gasteiger partial charge in [-0.05, 0) is 16.8 Å². The second kappa shape index (κ2) is 8.44. The maximum atomic E-state index is 12.9. The number of carbonyl (C=O) groups is 2. The van der Waals surface area contributed by atoms with E-state index in [4.69, 9.17) is 0 Å². The summed E-state index contributed by atoms with van der Waals surface area (Å²) in [4.78, 5) is 28.4. The van der Waals surface area contributed by atoms with Gasteiger partial charge in [0.1, 0.15) is 6.54 Å². The molecule has 0 saturated carbocycles. The highest BCUT2D eigenvalue weighted by molar-refractivity contribution is 6.16. The van der Waals surface area contributed by atoms with E-state index in [2.05, 4.69) is 15.3 Å². The lowest BCUT2D eigenvalue weighted by atomic mass is 9.94. The number of hydrogen-bond acceptors (Lipinski definition) is 4. The highest BCUT2D eigenvalue weighted by Crippen LogP contribution is 2.33. The molecule has 0 spiro atoms. The molecule has 0 aliphatic carbocycles. The Bertz CT molecular complexity index is 1030. The number of nitrogens with zero attached hydrogens (tertiary/aromatic N) is 1. The molecule has 31 heavy (non-hydrogen) atoms. The lowest BCUT2D eigenvalue weighted by Gasteiger charge is -2.13. The highest BCUT2D eigenvalue weighted by Gasteiger charge is 2.46. The van der Waals surface area contributed by atoms with Crippen LogP contribution in [0.1, 0.15) is 22.3 Å². The molecular formula is C19H15F6N3O3. The Balaban J connectivity index is 1.77. The number of amides is 2. The molecule has 0 saturated heterocycles. The number of nitrogens with one attached hydrogen (secondary N) is 2. The van der Waals surface area contributed by atoms with Gasteiger partial charge in [0.25, 0.3) is 5.91 Å². The summed E-state index contributed by atoms with van der Waals surface area (Å²) >= 11 is 0. The van der Waals surface area contributed by atoms with Gasteiger partial charge in [-0.3, -0.25) is 9.59 Å². The molecule has 1 aliphatic rings. The third-order valence-electron chi connectivity index (χ3n) is 4.41. The fourth-order valence-electron chi connectivity index (χ4n) is 2.98. The van der Waals surface area contributed by atoms with Gasteiger partial charge in [-0.1, -0.05) is 35.5 Å². The Morgan fingerprint density at radius 3 is 2.29 bits per heavy atom. The van der Waals surface area contributed by atoms with E-state index in [-0.39, 0.29) is 11.3 Å². The average molecular weight is 447 g/mol. The summed E-state index contributed by atoms with van der Waals surface area (Å²) in [6.07, 6.45) is -11.7. The molecule has 0 fully saturated rings. The topological polar surface area (TPSA) is 79.8 Å². The summed E-state index contributed by atoms with van der Waals surface area (Å²) in [6, 6.07) is 9.10. The van der Waals surface area contributed by atoms with Gasteiger partial charge < -0.3 is 15.5 Å². The quantitative estimate of drug-likeness (QED) is 0.691. The third kappa shape index (κ3) is 5.44. The van der Waals surface area contributed by atoms with Crippen molar-refractivity contribution >= 4 is 28.3 Å². The van der Waals surface area contributed by atoms with Crippen LogP contribution >= 0.6 is 0 Å². The van der Waals surface area contributed by atoms with Crippen molar-refractivity contribution in [2.75, 3.05) is 13.1 Å². The molecule has 0 radical (unpaired) electrons. The number of hydrogen-bond donors (Lipinski definition) is 2. The van der Waals surface area contributed by atoms with Crippen LogP contribution in [0.25, 0.3) is 10.8 Å². The van der Waals surface area contributed by atoms with Crippen molar-refractivity contribution in [2.24, 2.45) is 5.16 Å². The van der Waals surface area contributed by atoms with Gasteiger partial charge >= 0.3 is 12.4 Å². The largest absolute Gasteiger partial charge is 0.428 e. The molecule has 0 bridgehead atoms. The van der Waals surface area contributed by atoms with E-state index in [1.807, 2.05) is 0 Å². The number of fused-ring (bicyclic) bond motifs is 1. The monoisotopic (exact) mass is 447 g/mol. The van der Waals surface area contributed by atoms with E-state index in [1.54, 1.807) is 29.6 Å². The van der Waals surface area contributed by atoms with E-state index in [0.717, 1.165) is 0 Å². The zero-order chi connectivity index (χ0) is 22.8. The molecule has 1 aliphatic heterocycles. The van der Waals surface area contributed by atoms with Crippen LogP contribution in [-0.4, -0.2) is 49.1 Å². The first-order valence-electron chi connectivity index (χ1n) is 8.89. The lowest BCUT2D eigenvalue weighted by molar-refractivity contribution is -0.212. The van der Waals surface area contributed by atoms with E-state index in [0.29, 0.717) is 16.3 Å².